The lowest BCUT2D eigenvalue weighted by Crippen LogP contribution is -2.08. The van der Waals surface area contributed by atoms with Crippen LogP contribution >= 0.6 is 11.3 Å². The largest absolute Gasteiger partial charge is 0.452 e. The van der Waals surface area contributed by atoms with Gasteiger partial charge in [-0.2, -0.15) is 0 Å². The highest BCUT2D eigenvalue weighted by molar-refractivity contribution is 7.10. The van der Waals surface area contributed by atoms with Crippen molar-refractivity contribution in [2.45, 2.75) is 0 Å². The topological polar surface area (TPSA) is 95.7 Å². The minimum absolute atomic E-state index is 0.0463. The van der Waals surface area contributed by atoms with Crippen LogP contribution in [0.2, 0.25) is 0 Å². The van der Waals surface area contributed by atoms with Crippen LogP contribution in [0, 0.1) is 10.1 Å². The van der Waals surface area contributed by atoms with Crippen LogP contribution in [0.15, 0.2) is 65.7 Å². The van der Waals surface area contributed by atoms with Crippen LogP contribution in [-0.2, 0) is 0 Å². The van der Waals surface area contributed by atoms with Gasteiger partial charge >= 0.3 is 5.97 Å². The lowest BCUT2D eigenvalue weighted by Gasteiger charge is -2.05. The first-order valence-electron chi connectivity index (χ1n) is 8.10. The predicted octanol–water partition coefficient (Wildman–Crippen LogP) is 4.49. The molecule has 1 aliphatic rings. The van der Waals surface area contributed by atoms with E-state index in [1.54, 1.807) is 6.08 Å². The Bertz CT molecular complexity index is 1130. The number of Topliss-reactive ketones (excluding diaryl/α,β-unsaturated/α-hetero) is 1. The zero-order valence-corrected chi connectivity index (χ0v) is 15.0. The molecule has 0 bridgehead atoms. The molecule has 1 aliphatic heterocycles. The van der Waals surface area contributed by atoms with Crippen molar-refractivity contribution in [3.63, 3.8) is 0 Å². The third-order valence-corrected chi connectivity index (χ3v) is 4.78. The highest BCUT2D eigenvalue weighted by Crippen LogP contribution is 2.35. The molecule has 0 fully saturated rings. The molecular formula is C20H11NO6S. The second-order valence-corrected chi connectivity index (χ2v) is 6.79. The quantitative estimate of drug-likeness (QED) is 0.213. The summed E-state index contributed by atoms with van der Waals surface area (Å²) in [7, 11) is 0. The summed E-state index contributed by atoms with van der Waals surface area (Å²) in [6, 6.07) is 13.4. The van der Waals surface area contributed by atoms with Gasteiger partial charge in [0.1, 0.15) is 11.5 Å². The number of esters is 1. The number of carbonyl (C=O) groups is 2. The number of nitrogens with zero attached hydrogens (tertiary/aromatic N) is 1. The number of rotatable bonds is 4. The molecule has 0 unspecified atom stereocenters. The first-order chi connectivity index (χ1) is 13.5. The normalized spacial score (nSPS) is 13.9. The van der Waals surface area contributed by atoms with Crippen LogP contribution in [0.25, 0.3) is 6.08 Å². The summed E-state index contributed by atoms with van der Waals surface area (Å²) in [5.41, 5.74) is 0.212. The van der Waals surface area contributed by atoms with E-state index in [1.807, 2.05) is 17.5 Å². The highest BCUT2D eigenvalue weighted by atomic mass is 32.1. The molecule has 0 saturated carbocycles. The van der Waals surface area contributed by atoms with Crippen LogP contribution in [0.1, 0.15) is 25.6 Å². The van der Waals surface area contributed by atoms with E-state index < -0.39 is 10.9 Å². The van der Waals surface area contributed by atoms with Gasteiger partial charge in [0.15, 0.2) is 5.76 Å². The predicted molar refractivity (Wildman–Crippen MR) is 102 cm³/mol. The second-order valence-electron chi connectivity index (χ2n) is 5.81. The van der Waals surface area contributed by atoms with Gasteiger partial charge in [0.2, 0.25) is 5.78 Å². The Balaban J connectivity index is 1.55. The van der Waals surface area contributed by atoms with Crippen molar-refractivity contribution in [2.24, 2.45) is 0 Å². The van der Waals surface area contributed by atoms with Crippen molar-refractivity contribution in [3.8, 4) is 11.5 Å². The fourth-order valence-corrected chi connectivity index (χ4v) is 3.29. The number of nitro groups is 1. The monoisotopic (exact) mass is 393 g/mol. The van der Waals surface area contributed by atoms with Crippen LogP contribution < -0.4 is 9.47 Å². The number of allylic oxidation sites excluding steroid dienone is 1. The van der Waals surface area contributed by atoms with Crippen molar-refractivity contribution < 1.29 is 24.0 Å². The number of hydrogen-bond donors (Lipinski definition) is 0. The van der Waals surface area contributed by atoms with Crippen LogP contribution in [0.5, 0.6) is 11.5 Å². The van der Waals surface area contributed by atoms with Gasteiger partial charge < -0.3 is 9.47 Å². The van der Waals surface area contributed by atoms with E-state index in [0.717, 1.165) is 10.9 Å². The van der Waals surface area contributed by atoms with Gasteiger partial charge in [-0.15, -0.1) is 11.3 Å². The fourth-order valence-electron chi connectivity index (χ4n) is 2.65. The zero-order valence-electron chi connectivity index (χ0n) is 14.2. The van der Waals surface area contributed by atoms with E-state index in [9.17, 15) is 19.7 Å². The van der Waals surface area contributed by atoms with Gasteiger partial charge in [-0.3, -0.25) is 14.9 Å². The summed E-state index contributed by atoms with van der Waals surface area (Å²) in [6.07, 6.45) is 1.65. The molecule has 0 aliphatic carbocycles. The smallest absolute Gasteiger partial charge is 0.343 e. The Morgan fingerprint density at radius 2 is 2.00 bits per heavy atom. The van der Waals surface area contributed by atoms with Gasteiger partial charge in [-0.05, 0) is 29.6 Å². The standard InChI is InChI=1S/C20H11NO6S/c22-19-16-7-6-14(10-17(16)27-18(19)11-15-5-2-8-28-15)26-20(23)12-3-1-4-13(9-12)21(24)25/h1-11H/b18-11+. The van der Waals surface area contributed by atoms with E-state index in [0.29, 0.717) is 5.56 Å². The van der Waals surface area contributed by atoms with E-state index in [1.165, 1.54) is 47.7 Å². The molecule has 2 aromatic carbocycles. The van der Waals surface area contributed by atoms with E-state index in [-0.39, 0.29) is 34.3 Å². The van der Waals surface area contributed by atoms with Gasteiger partial charge in [0.25, 0.3) is 5.69 Å². The number of carbonyl (C=O) groups excluding carboxylic acids is 2. The SMILES string of the molecule is O=C(Oc1ccc2c(c1)O/C(=C/c1cccs1)C2=O)c1cccc([N+](=O)[O-])c1. The molecule has 2 heterocycles. The second kappa shape index (κ2) is 7.09. The number of benzene rings is 2. The Kier molecular flexibility index (Phi) is 4.46. The number of thiophene rings is 1. The summed E-state index contributed by atoms with van der Waals surface area (Å²) >= 11 is 1.48. The van der Waals surface area contributed by atoms with Crippen molar-refractivity contribution in [2.75, 3.05) is 0 Å². The van der Waals surface area contributed by atoms with Crippen LogP contribution in [0.3, 0.4) is 0 Å². The van der Waals surface area contributed by atoms with Crippen molar-refractivity contribution >= 4 is 34.9 Å². The van der Waals surface area contributed by atoms with E-state index in [4.69, 9.17) is 9.47 Å². The Hall–Kier alpha value is -3.78. The van der Waals surface area contributed by atoms with Gasteiger partial charge in [0, 0.05) is 29.2 Å². The molecule has 0 spiro atoms. The molecule has 0 amide bonds. The van der Waals surface area contributed by atoms with Crippen molar-refractivity contribution in [3.05, 3.63) is 91.9 Å². The fraction of sp³-hybridized carbons (Fsp3) is 0. The molecule has 0 saturated heterocycles. The van der Waals surface area contributed by atoms with Crippen LogP contribution in [-0.4, -0.2) is 16.7 Å². The highest BCUT2D eigenvalue weighted by Gasteiger charge is 2.28. The molecule has 8 heteroatoms. The number of non-ortho nitro benzene ring substituents is 1. The summed E-state index contributed by atoms with van der Waals surface area (Å²) in [5.74, 6) is -0.348. The molecule has 0 atom stereocenters. The summed E-state index contributed by atoms with van der Waals surface area (Å²) in [6.45, 7) is 0. The number of nitro benzene ring substituents is 1. The maximum atomic E-state index is 12.4. The van der Waals surface area contributed by atoms with Gasteiger partial charge in [-0.1, -0.05) is 12.1 Å². The van der Waals surface area contributed by atoms with Crippen molar-refractivity contribution in [1.29, 1.82) is 0 Å². The molecular weight excluding hydrogens is 382 g/mol. The van der Waals surface area contributed by atoms with Gasteiger partial charge in [-0.25, -0.2) is 4.79 Å². The first-order valence-corrected chi connectivity index (χ1v) is 8.98. The van der Waals surface area contributed by atoms with Crippen molar-refractivity contribution in [1.82, 2.24) is 0 Å². The third kappa shape index (κ3) is 3.40. The minimum atomic E-state index is -0.748. The summed E-state index contributed by atoms with van der Waals surface area (Å²) in [4.78, 5) is 35.8. The zero-order chi connectivity index (χ0) is 19.7. The molecule has 0 N–H and O–H groups in total. The summed E-state index contributed by atoms with van der Waals surface area (Å²) < 4.78 is 10.9. The molecule has 138 valence electrons. The maximum absolute atomic E-state index is 12.4. The Labute approximate surface area is 162 Å². The van der Waals surface area contributed by atoms with E-state index >= 15 is 0 Å². The molecule has 7 nitrogen and oxygen atoms in total. The summed E-state index contributed by atoms with van der Waals surface area (Å²) in [5, 5.41) is 12.7. The lowest BCUT2D eigenvalue weighted by molar-refractivity contribution is -0.384. The average Bonchev–Trinajstić information content (AvgIpc) is 3.30. The Morgan fingerprint density at radius 1 is 1.14 bits per heavy atom. The molecule has 28 heavy (non-hydrogen) atoms. The number of ether oxygens (including phenoxy) is 2. The number of ketones is 1. The number of hydrogen-bond acceptors (Lipinski definition) is 7. The Morgan fingerprint density at radius 3 is 2.75 bits per heavy atom. The molecule has 3 aromatic rings. The molecule has 4 rings (SSSR count). The third-order valence-electron chi connectivity index (χ3n) is 3.96. The first kappa shape index (κ1) is 17.6. The number of fused-ring (bicyclic) bond motifs is 1. The lowest BCUT2D eigenvalue weighted by atomic mass is 10.1. The maximum Gasteiger partial charge on any atom is 0.343 e. The minimum Gasteiger partial charge on any atom is -0.452 e. The van der Waals surface area contributed by atoms with Crippen LogP contribution in [0.4, 0.5) is 5.69 Å². The molecule has 0 radical (unpaired) electrons. The average molecular weight is 393 g/mol. The van der Waals surface area contributed by atoms with Gasteiger partial charge in [0.05, 0.1) is 16.1 Å². The molecule has 1 aromatic heterocycles. The van der Waals surface area contributed by atoms with E-state index in [2.05, 4.69) is 0 Å².